The standard InChI is InChI=1S/C10H16N4/c1-13(2)9-6-14(7-9)8-3-4-10(11)12-5-8/h3-5,9H,6-7H2,1-2H3,(H2,11,12). The van der Waals surface area contributed by atoms with Crippen LogP contribution in [0.1, 0.15) is 0 Å². The van der Waals surface area contributed by atoms with Gasteiger partial charge in [0.2, 0.25) is 0 Å². The van der Waals surface area contributed by atoms with E-state index in [0.29, 0.717) is 11.9 Å². The maximum Gasteiger partial charge on any atom is 0.123 e. The summed E-state index contributed by atoms with van der Waals surface area (Å²) in [5.74, 6) is 0.582. The minimum Gasteiger partial charge on any atom is -0.384 e. The van der Waals surface area contributed by atoms with Crippen LogP contribution in [-0.2, 0) is 0 Å². The summed E-state index contributed by atoms with van der Waals surface area (Å²) in [7, 11) is 4.23. The number of pyridine rings is 1. The van der Waals surface area contributed by atoms with Crippen LogP contribution >= 0.6 is 0 Å². The molecule has 0 amide bonds. The Morgan fingerprint density at radius 1 is 1.43 bits per heavy atom. The molecule has 1 fully saturated rings. The topological polar surface area (TPSA) is 45.4 Å². The van der Waals surface area contributed by atoms with Crippen LogP contribution in [0.4, 0.5) is 11.5 Å². The van der Waals surface area contributed by atoms with Gasteiger partial charge in [-0.05, 0) is 26.2 Å². The Bertz CT molecular complexity index is 300. The molecular weight excluding hydrogens is 176 g/mol. The predicted octanol–water partition coefficient (Wildman–Crippen LogP) is 0.414. The van der Waals surface area contributed by atoms with Crippen molar-refractivity contribution in [2.75, 3.05) is 37.8 Å². The summed E-state index contributed by atoms with van der Waals surface area (Å²) >= 11 is 0. The SMILES string of the molecule is CN(C)C1CN(c2ccc(N)nc2)C1. The molecular formula is C10H16N4. The van der Waals surface area contributed by atoms with Crippen molar-refractivity contribution in [1.82, 2.24) is 9.88 Å². The molecule has 0 bridgehead atoms. The van der Waals surface area contributed by atoms with Gasteiger partial charge in [0.15, 0.2) is 0 Å². The van der Waals surface area contributed by atoms with Crippen LogP contribution in [0, 0.1) is 0 Å². The Balaban J connectivity index is 1.96. The van der Waals surface area contributed by atoms with Crippen molar-refractivity contribution < 1.29 is 0 Å². The molecule has 2 N–H and O–H groups in total. The zero-order valence-corrected chi connectivity index (χ0v) is 8.64. The van der Waals surface area contributed by atoms with E-state index in [-0.39, 0.29) is 0 Å². The number of hydrogen-bond acceptors (Lipinski definition) is 4. The van der Waals surface area contributed by atoms with Gasteiger partial charge in [0.05, 0.1) is 11.9 Å². The molecule has 1 saturated heterocycles. The second-order valence-corrected chi connectivity index (χ2v) is 3.96. The summed E-state index contributed by atoms with van der Waals surface area (Å²) in [6, 6.07) is 4.54. The van der Waals surface area contributed by atoms with E-state index >= 15 is 0 Å². The highest BCUT2D eigenvalue weighted by molar-refractivity contribution is 5.50. The van der Waals surface area contributed by atoms with Gasteiger partial charge in [-0.3, -0.25) is 0 Å². The molecule has 0 aromatic carbocycles. The lowest BCUT2D eigenvalue weighted by atomic mass is 10.1. The van der Waals surface area contributed by atoms with Crippen LogP contribution in [0.15, 0.2) is 18.3 Å². The number of hydrogen-bond donors (Lipinski definition) is 1. The van der Waals surface area contributed by atoms with Crippen molar-refractivity contribution in [3.05, 3.63) is 18.3 Å². The van der Waals surface area contributed by atoms with Gasteiger partial charge in [-0.15, -0.1) is 0 Å². The van der Waals surface area contributed by atoms with E-state index in [0.717, 1.165) is 18.8 Å². The maximum absolute atomic E-state index is 5.52. The molecule has 14 heavy (non-hydrogen) atoms. The number of likely N-dealkylation sites (N-methyl/N-ethyl adjacent to an activating group) is 1. The number of rotatable bonds is 2. The second-order valence-electron chi connectivity index (χ2n) is 3.96. The third kappa shape index (κ3) is 1.65. The molecule has 0 spiro atoms. The lowest BCUT2D eigenvalue weighted by Gasteiger charge is -2.44. The van der Waals surface area contributed by atoms with Crippen LogP contribution in [0.5, 0.6) is 0 Å². The quantitative estimate of drug-likeness (QED) is 0.737. The summed E-state index contributed by atoms with van der Waals surface area (Å²) in [5, 5.41) is 0. The molecule has 2 rings (SSSR count). The lowest BCUT2D eigenvalue weighted by molar-refractivity contribution is 0.247. The zero-order valence-electron chi connectivity index (χ0n) is 8.64. The van der Waals surface area contributed by atoms with Crippen LogP contribution in [0.2, 0.25) is 0 Å². The van der Waals surface area contributed by atoms with Crippen molar-refractivity contribution in [3.63, 3.8) is 0 Å². The largest absolute Gasteiger partial charge is 0.384 e. The Morgan fingerprint density at radius 3 is 2.64 bits per heavy atom. The van der Waals surface area contributed by atoms with Gasteiger partial charge in [0.25, 0.3) is 0 Å². The van der Waals surface area contributed by atoms with Crippen molar-refractivity contribution in [3.8, 4) is 0 Å². The molecule has 0 aliphatic carbocycles. The maximum atomic E-state index is 5.52. The molecule has 2 heterocycles. The number of nitrogens with two attached hydrogens (primary N) is 1. The van der Waals surface area contributed by atoms with Gasteiger partial charge in [-0.25, -0.2) is 4.98 Å². The van der Waals surface area contributed by atoms with E-state index < -0.39 is 0 Å². The first kappa shape index (κ1) is 9.27. The Kier molecular flexibility index (Phi) is 2.29. The van der Waals surface area contributed by atoms with Crippen LogP contribution < -0.4 is 10.6 Å². The van der Waals surface area contributed by atoms with Gasteiger partial charge in [0, 0.05) is 19.1 Å². The zero-order chi connectivity index (χ0) is 10.1. The molecule has 1 aromatic heterocycles. The molecule has 0 saturated carbocycles. The van der Waals surface area contributed by atoms with Crippen molar-refractivity contribution in [2.45, 2.75) is 6.04 Å². The van der Waals surface area contributed by atoms with Gasteiger partial charge < -0.3 is 15.5 Å². The summed E-state index contributed by atoms with van der Waals surface area (Å²) < 4.78 is 0. The normalized spacial score (nSPS) is 17.2. The fourth-order valence-corrected chi connectivity index (χ4v) is 1.58. The number of aromatic nitrogens is 1. The van der Waals surface area contributed by atoms with Gasteiger partial charge in [-0.2, -0.15) is 0 Å². The van der Waals surface area contributed by atoms with Crippen molar-refractivity contribution in [2.24, 2.45) is 0 Å². The molecule has 1 aromatic rings. The molecule has 76 valence electrons. The van der Waals surface area contributed by atoms with E-state index in [9.17, 15) is 0 Å². The third-order valence-corrected chi connectivity index (χ3v) is 2.73. The lowest BCUT2D eigenvalue weighted by Crippen LogP contribution is -2.57. The Labute approximate surface area is 84.3 Å². The molecule has 0 atom stereocenters. The average Bonchev–Trinajstić information content (AvgIpc) is 2.05. The highest BCUT2D eigenvalue weighted by Crippen LogP contribution is 2.21. The van der Waals surface area contributed by atoms with Gasteiger partial charge in [-0.1, -0.05) is 0 Å². The third-order valence-electron chi connectivity index (χ3n) is 2.73. The average molecular weight is 192 g/mol. The van der Waals surface area contributed by atoms with E-state index in [2.05, 4.69) is 28.9 Å². The molecule has 4 heteroatoms. The first-order chi connectivity index (χ1) is 6.66. The number of nitrogen functional groups attached to an aromatic ring is 1. The summed E-state index contributed by atoms with van der Waals surface area (Å²) in [6.07, 6.45) is 1.83. The Hall–Kier alpha value is -1.29. The van der Waals surface area contributed by atoms with Crippen molar-refractivity contribution in [1.29, 1.82) is 0 Å². The van der Waals surface area contributed by atoms with Gasteiger partial charge >= 0.3 is 0 Å². The molecule has 0 radical (unpaired) electrons. The fraction of sp³-hybridized carbons (Fsp3) is 0.500. The molecule has 1 aliphatic heterocycles. The highest BCUT2D eigenvalue weighted by atomic mass is 15.3. The van der Waals surface area contributed by atoms with Crippen molar-refractivity contribution >= 4 is 11.5 Å². The fourth-order valence-electron chi connectivity index (χ4n) is 1.58. The smallest absolute Gasteiger partial charge is 0.123 e. The second kappa shape index (κ2) is 3.46. The Morgan fingerprint density at radius 2 is 2.14 bits per heavy atom. The number of nitrogens with zero attached hydrogens (tertiary/aromatic N) is 3. The van der Waals surface area contributed by atoms with Gasteiger partial charge in [0.1, 0.15) is 5.82 Å². The first-order valence-electron chi connectivity index (χ1n) is 4.80. The van der Waals surface area contributed by atoms with E-state index in [1.165, 1.54) is 0 Å². The minimum absolute atomic E-state index is 0.582. The first-order valence-corrected chi connectivity index (χ1v) is 4.80. The van der Waals surface area contributed by atoms with E-state index in [1.54, 1.807) is 0 Å². The van der Waals surface area contributed by atoms with E-state index in [4.69, 9.17) is 5.73 Å². The molecule has 0 unspecified atom stereocenters. The van der Waals surface area contributed by atoms with E-state index in [1.807, 2.05) is 18.3 Å². The number of anilines is 2. The predicted molar refractivity (Wildman–Crippen MR) is 58.3 cm³/mol. The highest BCUT2D eigenvalue weighted by Gasteiger charge is 2.28. The monoisotopic (exact) mass is 192 g/mol. The van der Waals surface area contributed by atoms with Crippen LogP contribution in [0.3, 0.4) is 0 Å². The van der Waals surface area contributed by atoms with Crippen LogP contribution in [0.25, 0.3) is 0 Å². The molecule has 1 aliphatic rings. The summed E-state index contributed by atoms with van der Waals surface area (Å²) in [5.41, 5.74) is 6.69. The van der Waals surface area contributed by atoms with Crippen LogP contribution in [-0.4, -0.2) is 43.1 Å². The summed E-state index contributed by atoms with van der Waals surface area (Å²) in [6.45, 7) is 2.16. The molecule has 4 nitrogen and oxygen atoms in total. The summed E-state index contributed by atoms with van der Waals surface area (Å²) in [4.78, 5) is 8.63. The minimum atomic E-state index is 0.582.